The molecule has 1 unspecified atom stereocenters. The second kappa shape index (κ2) is 12.3. The molecule has 0 aliphatic rings. The number of nitrogens with zero attached hydrogens (tertiary/aromatic N) is 1. The molecule has 0 aromatic heterocycles. The zero-order valence-electron chi connectivity index (χ0n) is 19.8. The van der Waals surface area contributed by atoms with Gasteiger partial charge in [-0.1, -0.05) is 32.9 Å². The maximum absolute atomic E-state index is 12.5. The predicted molar refractivity (Wildman–Crippen MR) is 129 cm³/mol. The highest BCUT2D eigenvalue weighted by molar-refractivity contribution is 7.89. The Morgan fingerprint density at radius 1 is 0.941 bits per heavy atom. The first-order valence-corrected chi connectivity index (χ1v) is 12.5. The molecule has 0 fully saturated rings. The maximum Gasteiger partial charge on any atom is 0.326 e. The summed E-state index contributed by atoms with van der Waals surface area (Å²) < 4.78 is 31.4. The summed E-state index contributed by atoms with van der Waals surface area (Å²) in [5.74, 6) is -1.84. The zero-order valence-corrected chi connectivity index (χ0v) is 20.6. The van der Waals surface area contributed by atoms with Crippen LogP contribution in [0.3, 0.4) is 0 Å². The van der Waals surface area contributed by atoms with Gasteiger partial charge >= 0.3 is 5.97 Å². The summed E-state index contributed by atoms with van der Waals surface area (Å²) in [5, 5.41) is 5.07. The van der Waals surface area contributed by atoms with Crippen LogP contribution in [-0.2, 0) is 30.8 Å². The number of esters is 1. The Balaban J connectivity index is 1.86. The second-order valence-electron chi connectivity index (χ2n) is 7.47. The SMILES string of the molecule is CCc1ccc(NC(=O)C(C)OC(=O)CNC(=O)c2ccc(S(=O)(=O)N(CC)CC)cc2)cc1. The van der Waals surface area contributed by atoms with E-state index >= 15 is 0 Å². The smallest absolute Gasteiger partial charge is 0.326 e. The fraction of sp³-hybridized carbons (Fsp3) is 0.375. The van der Waals surface area contributed by atoms with Crippen molar-refractivity contribution in [2.75, 3.05) is 25.0 Å². The number of benzene rings is 2. The van der Waals surface area contributed by atoms with Gasteiger partial charge in [0.2, 0.25) is 10.0 Å². The van der Waals surface area contributed by atoms with Crippen molar-refractivity contribution in [1.82, 2.24) is 9.62 Å². The third kappa shape index (κ3) is 7.13. The van der Waals surface area contributed by atoms with Crippen LogP contribution in [-0.4, -0.2) is 56.2 Å². The van der Waals surface area contributed by atoms with E-state index in [0.717, 1.165) is 12.0 Å². The normalized spacial score (nSPS) is 12.1. The number of nitrogens with one attached hydrogen (secondary N) is 2. The molecular formula is C24H31N3O6S. The lowest BCUT2D eigenvalue weighted by molar-refractivity contribution is -0.152. The molecule has 0 aliphatic carbocycles. The molecule has 0 aliphatic heterocycles. The topological polar surface area (TPSA) is 122 Å². The Labute approximate surface area is 200 Å². The zero-order chi connectivity index (χ0) is 25.3. The van der Waals surface area contributed by atoms with Crippen molar-refractivity contribution in [1.29, 1.82) is 0 Å². The summed E-state index contributed by atoms with van der Waals surface area (Å²) in [6, 6.07) is 12.8. The number of hydrogen-bond donors (Lipinski definition) is 2. The van der Waals surface area contributed by atoms with E-state index in [4.69, 9.17) is 4.74 Å². The van der Waals surface area contributed by atoms with Gasteiger partial charge in [-0.05, 0) is 55.3 Å². The predicted octanol–water partition coefficient (Wildman–Crippen LogP) is 2.58. The molecule has 2 rings (SSSR count). The van der Waals surface area contributed by atoms with E-state index in [2.05, 4.69) is 10.6 Å². The second-order valence-corrected chi connectivity index (χ2v) is 9.41. The maximum atomic E-state index is 12.5. The van der Waals surface area contributed by atoms with Crippen molar-refractivity contribution in [2.24, 2.45) is 0 Å². The van der Waals surface area contributed by atoms with Crippen LogP contribution in [0.2, 0.25) is 0 Å². The molecule has 0 spiro atoms. The minimum Gasteiger partial charge on any atom is -0.451 e. The Kier molecular flexibility index (Phi) is 9.76. The van der Waals surface area contributed by atoms with E-state index < -0.39 is 40.5 Å². The van der Waals surface area contributed by atoms with Gasteiger partial charge in [-0.3, -0.25) is 14.4 Å². The number of anilines is 1. The van der Waals surface area contributed by atoms with Crippen molar-refractivity contribution >= 4 is 33.5 Å². The van der Waals surface area contributed by atoms with Crippen LogP contribution < -0.4 is 10.6 Å². The molecule has 2 amide bonds. The van der Waals surface area contributed by atoms with Gasteiger partial charge in [0.05, 0.1) is 4.90 Å². The van der Waals surface area contributed by atoms with Crippen molar-refractivity contribution in [3.8, 4) is 0 Å². The number of hydrogen-bond acceptors (Lipinski definition) is 6. The summed E-state index contributed by atoms with van der Waals surface area (Å²) >= 11 is 0. The highest BCUT2D eigenvalue weighted by Gasteiger charge is 2.22. The summed E-state index contributed by atoms with van der Waals surface area (Å²) in [4.78, 5) is 36.7. The van der Waals surface area contributed by atoms with Gasteiger partial charge in [0.15, 0.2) is 6.10 Å². The number of amides is 2. The molecule has 9 nitrogen and oxygen atoms in total. The number of ether oxygens (including phenoxy) is 1. The molecule has 34 heavy (non-hydrogen) atoms. The summed E-state index contributed by atoms with van der Waals surface area (Å²) in [6.07, 6.45) is -0.173. The average Bonchev–Trinajstić information content (AvgIpc) is 2.83. The quantitative estimate of drug-likeness (QED) is 0.468. The van der Waals surface area contributed by atoms with Gasteiger partial charge in [-0.2, -0.15) is 4.31 Å². The monoisotopic (exact) mass is 489 g/mol. The van der Waals surface area contributed by atoms with Crippen LogP contribution in [0.1, 0.15) is 43.6 Å². The molecule has 0 heterocycles. The average molecular weight is 490 g/mol. The lowest BCUT2D eigenvalue weighted by Gasteiger charge is -2.18. The molecule has 184 valence electrons. The number of carbonyl (C=O) groups excluding carboxylic acids is 3. The molecular weight excluding hydrogens is 458 g/mol. The number of rotatable bonds is 11. The first-order chi connectivity index (χ1) is 16.1. The van der Waals surface area contributed by atoms with Crippen LogP contribution in [0.5, 0.6) is 0 Å². The highest BCUT2D eigenvalue weighted by atomic mass is 32.2. The first-order valence-electron chi connectivity index (χ1n) is 11.1. The third-order valence-electron chi connectivity index (χ3n) is 5.16. The third-order valence-corrected chi connectivity index (χ3v) is 7.22. The van der Waals surface area contributed by atoms with E-state index in [0.29, 0.717) is 18.8 Å². The summed E-state index contributed by atoms with van der Waals surface area (Å²) in [5.41, 5.74) is 1.91. The van der Waals surface area contributed by atoms with Crippen molar-refractivity contribution in [2.45, 2.75) is 45.1 Å². The van der Waals surface area contributed by atoms with Crippen molar-refractivity contribution < 1.29 is 27.5 Å². The lowest BCUT2D eigenvalue weighted by Crippen LogP contribution is -2.35. The van der Waals surface area contributed by atoms with Gasteiger partial charge in [0.1, 0.15) is 6.54 Å². The van der Waals surface area contributed by atoms with Crippen molar-refractivity contribution in [3.63, 3.8) is 0 Å². The fourth-order valence-corrected chi connectivity index (χ4v) is 4.56. The lowest BCUT2D eigenvalue weighted by atomic mass is 10.1. The number of carbonyl (C=O) groups is 3. The van der Waals surface area contributed by atoms with Crippen LogP contribution in [0.15, 0.2) is 53.4 Å². The number of sulfonamides is 1. The highest BCUT2D eigenvalue weighted by Crippen LogP contribution is 2.16. The largest absolute Gasteiger partial charge is 0.451 e. The molecule has 2 N–H and O–H groups in total. The van der Waals surface area contributed by atoms with E-state index in [1.54, 1.807) is 26.0 Å². The van der Waals surface area contributed by atoms with E-state index in [1.807, 2.05) is 19.1 Å². The van der Waals surface area contributed by atoms with Gasteiger partial charge in [0, 0.05) is 24.3 Å². The molecule has 1 atom stereocenters. The fourth-order valence-electron chi connectivity index (χ4n) is 3.11. The Morgan fingerprint density at radius 2 is 1.53 bits per heavy atom. The number of aryl methyl sites for hydroxylation is 1. The molecule has 2 aromatic rings. The standard InChI is InChI=1S/C24H31N3O6S/c1-5-18-8-12-20(13-9-18)26-23(29)17(4)33-22(28)16-25-24(30)19-10-14-21(15-11-19)34(31,32)27(6-2)7-3/h8-15,17H,5-7,16H2,1-4H3,(H,25,30)(H,26,29). The van der Waals surface area contributed by atoms with E-state index in [-0.39, 0.29) is 10.5 Å². The summed E-state index contributed by atoms with van der Waals surface area (Å²) in [7, 11) is -3.63. The van der Waals surface area contributed by atoms with Crippen molar-refractivity contribution in [3.05, 3.63) is 59.7 Å². The van der Waals surface area contributed by atoms with Crippen LogP contribution in [0.25, 0.3) is 0 Å². The Hall–Kier alpha value is -3.24. The van der Waals surface area contributed by atoms with Gasteiger partial charge in [-0.25, -0.2) is 8.42 Å². The van der Waals surface area contributed by atoms with Crippen LogP contribution in [0.4, 0.5) is 5.69 Å². The molecule has 2 aromatic carbocycles. The minimum absolute atomic E-state index is 0.0799. The summed E-state index contributed by atoms with van der Waals surface area (Å²) in [6.45, 7) is 7.19. The molecule has 0 radical (unpaired) electrons. The van der Waals surface area contributed by atoms with Crippen LogP contribution >= 0.6 is 0 Å². The van der Waals surface area contributed by atoms with Gasteiger partial charge in [-0.15, -0.1) is 0 Å². The molecule has 0 bridgehead atoms. The van der Waals surface area contributed by atoms with Crippen LogP contribution in [0, 0.1) is 0 Å². The van der Waals surface area contributed by atoms with Gasteiger partial charge in [0.25, 0.3) is 11.8 Å². The minimum atomic E-state index is -3.63. The van der Waals surface area contributed by atoms with Gasteiger partial charge < -0.3 is 15.4 Å². The first kappa shape index (κ1) is 27.0. The molecule has 0 saturated carbocycles. The molecule has 10 heteroatoms. The van der Waals surface area contributed by atoms with E-state index in [1.165, 1.54) is 35.5 Å². The molecule has 0 saturated heterocycles. The van der Waals surface area contributed by atoms with E-state index in [9.17, 15) is 22.8 Å². The Bertz CT molecular complexity index is 1090. The Morgan fingerprint density at radius 3 is 2.06 bits per heavy atom.